The summed E-state index contributed by atoms with van der Waals surface area (Å²) in [6.45, 7) is 5.43. The van der Waals surface area contributed by atoms with Crippen molar-refractivity contribution in [1.82, 2.24) is 5.32 Å². The molecule has 1 aliphatic rings. The Morgan fingerprint density at radius 2 is 2.14 bits per heavy atom. The minimum absolute atomic E-state index is 0.728. The van der Waals surface area contributed by atoms with E-state index in [2.05, 4.69) is 12.2 Å². The lowest BCUT2D eigenvalue weighted by molar-refractivity contribution is 0.456. The highest BCUT2D eigenvalue weighted by atomic mass is 14.8. The lowest BCUT2D eigenvalue weighted by Gasteiger charge is -2.12. The van der Waals surface area contributed by atoms with Crippen molar-refractivity contribution in [3.63, 3.8) is 0 Å². The van der Waals surface area contributed by atoms with Gasteiger partial charge in [-0.1, -0.05) is 26.2 Å². The summed E-state index contributed by atoms with van der Waals surface area (Å²) in [5.74, 6) is 1.81. The van der Waals surface area contributed by atoms with E-state index in [1.807, 2.05) is 0 Å². The standard InChI is InChI=1S/C12H26N2/c1-2-11(10-13)7-9-14-8-3-4-12-5-6-12/h11-12,14H,2-10,13H2,1H3. The van der Waals surface area contributed by atoms with Gasteiger partial charge in [-0.15, -0.1) is 0 Å². The third kappa shape index (κ3) is 5.61. The Morgan fingerprint density at radius 1 is 1.36 bits per heavy atom. The van der Waals surface area contributed by atoms with Crippen LogP contribution in [0.1, 0.15) is 45.4 Å². The van der Waals surface area contributed by atoms with Gasteiger partial charge in [0.15, 0.2) is 0 Å². The minimum Gasteiger partial charge on any atom is -0.330 e. The Morgan fingerprint density at radius 3 is 2.71 bits per heavy atom. The van der Waals surface area contributed by atoms with E-state index in [0.29, 0.717) is 0 Å². The summed E-state index contributed by atoms with van der Waals surface area (Å²) >= 11 is 0. The molecule has 1 rings (SSSR count). The molecule has 0 aromatic heterocycles. The van der Waals surface area contributed by atoms with Gasteiger partial charge in [0.25, 0.3) is 0 Å². The lowest BCUT2D eigenvalue weighted by atomic mass is 10.0. The second kappa shape index (κ2) is 7.24. The Hall–Kier alpha value is -0.0800. The molecule has 14 heavy (non-hydrogen) atoms. The van der Waals surface area contributed by atoms with Crippen LogP contribution in [0, 0.1) is 11.8 Å². The zero-order valence-corrected chi connectivity index (χ0v) is 9.60. The van der Waals surface area contributed by atoms with Crippen LogP contribution in [-0.2, 0) is 0 Å². The quantitative estimate of drug-likeness (QED) is 0.557. The van der Waals surface area contributed by atoms with Crippen molar-refractivity contribution >= 4 is 0 Å². The van der Waals surface area contributed by atoms with Crippen LogP contribution in [-0.4, -0.2) is 19.6 Å². The fraction of sp³-hybridized carbons (Fsp3) is 1.00. The first-order chi connectivity index (χ1) is 6.86. The number of hydrogen-bond donors (Lipinski definition) is 2. The van der Waals surface area contributed by atoms with E-state index in [0.717, 1.165) is 24.9 Å². The van der Waals surface area contributed by atoms with Crippen molar-refractivity contribution in [3.8, 4) is 0 Å². The molecular weight excluding hydrogens is 172 g/mol. The van der Waals surface area contributed by atoms with Crippen LogP contribution in [0.5, 0.6) is 0 Å². The summed E-state index contributed by atoms with van der Waals surface area (Å²) < 4.78 is 0. The van der Waals surface area contributed by atoms with Crippen LogP contribution in [0.25, 0.3) is 0 Å². The molecule has 1 saturated carbocycles. The molecule has 1 aliphatic carbocycles. The molecule has 0 radical (unpaired) electrons. The van der Waals surface area contributed by atoms with Gasteiger partial charge in [-0.2, -0.15) is 0 Å². The van der Waals surface area contributed by atoms with E-state index >= 15 is 0 Å². The summed E-state index contributed by atoms with van der Waals surface area (Å²) in [6.07, 6.45) is 8.26. The molecule has 1 atom stereocenters. The molecule has 0 heterocycles. The van der Waals surface area contributed by atoms with Gasteiger partial charge in [0, 0.05) is 0 Å². The lowest BCUT2D eigenvalue weighted by Crippen LogP contribution is -2.22. The molecule has 0 spiro atoms. The van der Waals surface area contributed by atoms with E-state index in [1.165, 1.54) is 45.1 Å². The van der Waals surface area contributed by atoms with Crippen LogP contribution in [0.3, 0.4) is 0 Å². The van der Waals surface area contributed by atoms with Crippen molar-refractivity contribution in [2.75, 3.05) is 19.6 Å². The zero-order chi connectivity index (χ0) is 10.2. The van der Waals surface area contributed by atoms with Crippen molar-refractivity contribution in [3.05, 3.63) is 0 Å². The molecule has 0 saturated heterocycles. The summed E-state index contributed by atoms with van der Waals surface area (Å²) in [5.41, 5.74) is 5.64. The molecule has 0 aromatic rings. The molecular formula is C12H26N2. The van der Waals surface area contributed by atoms with Gasteiger partial charge < -0.3 is 11.1 Å². The maximum absolute atomic E-state index is 5.64. The van der Waals surface area contributed by atoms with E-state index in [-0.39, 0.29) is 0 Å². The number of hydrogen-bond acceptors (Lipinski definition) is 2. The van der Waals surface area contributed by atoms with Crippen molar-refractivity contribution in [2.24, 2.45) is 17.6 Å². The van der Waals surface area contributed by atoms with Gasteiger partial charge in [-0.05, 0) is 50.7 Å². The van der Waals surface area contributed by atoms with Crippen LogP contribution in [0.15, 0.2) is 0 Å². The van der Waals surface area contributed by atoms with Crippen LogP contribution >= 0.6 is 0 Å². The SMILES string of the molecule is CCC(CN)CCNCCCC1CC1. The number of nitrogens with one attached hydrogen (secondary N) is 1. The largest absolute Gasteiger partial charge is 0.330 e. The summed E-state index contributed by atoms with van der Waals surface area (Å²) in [4.78, 5) is 0. The van der Waals surface area contributed by atoms with Crippen molar-refractivity contribution in [2.45, 2.75) is 45.4 Å². The maximum Gasteiger partial charge on any atom is -0.00458 e. The van der Waals surface area contributed by atoms with Gasteiger partial charge in [0.05, 0.1) is 0 Å². The predicted molar refractivity (Wildman–Crippen MR) is 62.3 cm³/mol. The normalized spacial score (nSPS) is 18.4. The van der Waals surface area contributed by atoms with E-state index in [4.69, 9.17) is 5.73 Å². The molecule has 3 N–H and O–H groups in total. The molecule has 1 unspecified atom stereocenters. The Balaban J connectivity index is 1.78. The second-order valence-corrected chi connectivity index (χ2v) is 4.63. The molecule has 2 heteroatoms. The first kappa shape index (κ1) is 12.0. The molecule has 2 nitrogen and oxygen atoms in total. The summed E-state index contributed by atoms with van der Waals surface area (Å²) in [7, 11) is 0. The first-order valence-electron chi connectivity index (χ1n) is 6.27. The van der Waals surface area contributed by atoms with Gasteiger partial charge in [0.2, 0.25) is 0 Å². The third-order valence-electron chi connectivity index (χ3n) is 3.30. The summed E-state index contributed by atoms with van der Waals surface area (Å²) in [5, 5.41) is 3.51. The Labute approximate surface area is 88.6 Å². The molecule has 0 bridgehead atoms. The Kier molecular flexibility index (Phi) is 6.20. The second-order valence-electron chi connectivity index (χ2n) is 4.63. The average molecular weight is 198 g/mol. The predicted octanol–water partition coefficient (Wildman–Crippen LogP) is 2.14. The fourth-order valence-electron chi connectivity index (χ4n) is 1.84. The molecule has 1 fully saturated rings. The third-order valence-corrected chi connectivity index (χ3v) is 3.30. The molecule has 0 aliphatic heterocycles. The van der Waals surface area contributed by atoms with E-state index in [1.54, 1.807) is 0 Å². The zero-order valence-electron chi connectivity index (χ0n) is 9.60. The van der Waals surface area contributed by atoms with Crippen LogP contribution < -0.4 is 11.1 Å². The maximum atomic E-state index is 5.64. The molecule has 0 amide bonds. The van der Waals surface area contributed by atoms with Crippen molar-refractivity contribution in [1.29, 1.82) is 0 Å². The van der Waals surface area contributed by atoms with Gasteiger partial charge in [-0.3, -0.25) is 0 Å². The van der Waals surface area contributed by atoms with Gasteiger partial charge in [-0.25, -0.2) is 0 Å². The highest BCUT2D eigenvalue weighted by molar-refractivity contribution is 4.73. The minimum atomic E-state index is 0.728. The Bertz CT molecular complexity index is 128. The smallest absolute Gasteiger partial charge is 0.00458 e. The monoisotopic (exact) mass is 198 g/mol. The molecule has 0 aromatic carbocycles. The topological polar surface area (TPSA) is 38.0 Å². The van der Waals surface area contributed by atoms with Crippen LogP contribution in [0.2, 0.25) is 0 Å². The number of rotatable bonds is 9. The van der Waals surface area contributed by atoms with Gasteiger partial charge >= 0.3 is 0 Å². The average Bonchev–Trinajstić information content (AvgIpc) is 3.01. The van der Waals surface area contributed by atoms with E-state index < -0.39 is 0 Å². The van der Waals surface area contributed by atoms with Gasteiger partial charge in [0.1, 0.15) is 0 Å². The molecule has 84 valence electrons. The van der Waals surface area contributed by atoms with Crippen LogP contribution in [0.4, 0.5) is 0 Å². The fourth-order valence-corrected chi connectivity index (χ4v) is 1.84. The highest BCUT2D eigenvalue weighted by Gasteiger charge is 2.19. The number of nitrogens with two attached hydrogens (primary N) is 1. The first-order valence-corrected chi connectivity index (χ1v) is 6.27. The highest BCUT2D eigenvalue weighted by Crippen LogP contribution is 2.33. The van der Waals surface area contributed by atoms with Crippen molar-refractivity contribution < 1.29 is 0 Å². The summed E-state index contributed by atoms with van der Waals surface area (Å²) in [6, 6.07) is 0. The van der Waals surface area contributed by atoms with E-state index in [9.17, 15) is 0 Å².